The number of anilines is 1. The van der Waals surface area contributed by atoms with Gasteiger partial charge in [-0.25, -0.2) is 9.97 Å². The zero-order valence-electron chi connectivity index (χ0n) is 12.9. The van der Waals surface area contributed by atoms with Gasteiger partial charge in [-0.3, -0.25) is 0 Å². The van der Waals surface area contributed by atoms with Crippen molar-refractivity contribution in [1.82, 2.24) is 15.3 Å². The largest absolute Gasteiger partial charge is 0.341 e. The lowest BCUT2D eigenvalue weighted by molar-refractivity contribution is 0.660. The molecule has 4 nitrogen and oxygen atoms in total. The summed E-state index contributed by atoms with van der Waals surface area (Å²) >= 11 is 0. The maximum Gasteiger partial charge on any atom is 0.225 e. The van der Waals surface area contributed by atoms with Crippen molar-refractivity contribution in [3.8, 4) is 0 Å². The average molecular weight is 264 g/mol. The fraction of sp³-hybridized carbons (Fsp3) is 0.733. The van der Waals surface area contributed by atoms with E-state index in [2.05, 4.69) is 41.0 Å². The number of rotatable bonds is 9. The molecule has 4 heteroatoms. The molecule has 19 heavy (non-hydrogen) atoms. The Hall–Kier alpha value is -1.16. The van der Waals surface area contributed by atoms with E-state index in [0.29, 0.717) is 0 Å². The van der Waals surface area contributed by atoms with Crippen molar-refractivity contribution < 1.29 is 0 Å². The Bertz CT molecular complexity index is 357. The second kappa shape index (κ2) is 8.86. The van der Waals surface area contributed by atoms with Crippen molar-refractivity contribution in [3.63, 3.8) is 0 Å². The predicted octanol–water partition coefficient (Wildman–Crippen LogP) is 2.91. The number of nitrogens with one attached hydrogen (secondary N) is 1. The molecule has 1 heterocycles. The van der Waals surface area contributed by atoms with Gasteiger partial charge in [-0.15, -0.1) is 0 Å². The number of hydrogen-bond donors (Lipinski definition) is 1. The summed E-state index contributed by atoms with van der Waals surface area (Å²) in [4.78, 5) is 11.5. The molecule has 0 unspecified atom stereocenters. The van der Waals surface area contributed by atoms with Crippen LogP contribution < -0.4 is 10.2 Å². The zero-order chi connectivity index (χ0) is 14.1. The van der Waals surface area contributed by atoms with Crippen molar-refractivity contribution in [3.05, 3.63) is 17.5 Å². The Morgan fingerprint density at radius 2 is 1.79 bits per heavy atom. The van der Waals surface area contributed by atoms with E-state index in [-0.39, 0.29) is 0 Å². The van der Waals surface area contributed by atoms with Crippen molar-refractivity contribution >= 4 is 5.95 Å². The lowest BCUT2D eigenvalue weighted by Gasteiger charge is -2.23. The van der Waals surface area contributed by atoms with Crippen LogP contribution in [0.4, 0.5) is 5.95 Å². The van der Waals surface area contributed by atoms with Crippen LogP contribution in [0.25, 0.3) is 0 Å². The van der Waals surface area contributed by atoms with Gasteiger partial charge in [0.25, 0.3) is 0 Å². The van der Waals surface area contributed by atoms with E-state index >= 15 is 0 Å². The number of nitrogens with zero attached hydrogens (tertiary/aromatic N) is 3. The fourth-order valence-corrected chi connectivity index (χ4v) is 2.01. The average Bonchev–Trinajstić information content (AvgIpc) is 2.41. The van der Waals surface area contributed by atoms with Crippen molar-refractivity contribution in [2.24, 2.45) is 0 Å². The first-order valence-electron chi connectivity index (χ1n) is 7.45. The van der Waals surface area contributed by atoms with E-state index in [1.54, 1.807) is 0 Å². The van der Waals surface area contributed by atoms with Crippen LogP contribution in [-0.2, 0) is 6.54 Å². The van der Waals surface area contributed by atoms with Crippen LogP contribution in [0.15, 0.2) is 6.20 Å². The zero-order valence-corrected chi connectivity index (χ0v) is 12.9. The van der Waals surface area contributed by atoms with Crippen LogP contribution in [0.5, 0.6) is 0 Å². The Labute approximate surface area is 117 Å². The fourth-order valence-electron chi connectivity index (χ4n) is 2.01. The maximum absolute atomic E-state index is 4.67. The first-order valence-corrected chi connectivity index (χ1v) is 7.45. The second-order valence-electron chi connectivity index (χ2n) is 5.01. The van der Waals surface area contributed by atoms with Gasteiger partial charge >= 0.3 is 0 Å². The summed E-state index contributed by atoms with van der Waals surface area (Å²) in [7, 11) is 1.95. The highest BCUT2D eigenvalue weighted by Gasteiger charge is 2.10. The molecule has 1 rings (SSSR count). The summed E-state index contributed by atoms with van der Waals surface area (Å²) < 4.78 is 0. The van der Waals surface area contributed by atoms with Crippen LogP contribution in [0.1, 0.15) is 50.8 Å². The van der Waals surface area contributed by atoms with Gasteiger partial charge in [-0.2, -0.15) is 0 Å². The molecule has 0 fully saturated rings. The molecule has 0 saturated heterocycles. The van der Waals surface area contributed by atoms with E-state index in [1.807, 2.05) is 13.2 Å². The molecule has 1 N–H and O–H groups in total. The van der Waals surface area contributed by atoms with Gasteiger partial charge in [0.1, 0.15) is 0 Å². The summed E-state index contributed by atoms with van der Waals surface area (Å²) in [5, 5.41) is 3.15. The molecule has 108 valence electrons. The smallest absolute Gasteiger partial charge is 0.225 e. The van der Waals surface area contributed by atoms with Crippen molar-refractivity contribution in [2.45, 2.75) is 53.0 Å². The summed E-state index contributed by atoms with van der Waals surface area (Å²) in [5.74, 6) is 0.888. The molecule has 0 aromatic carbocycles. The van der Waals surface area contributed by atoms with Gasteiger partial charge in [0.15, 0.2) is 0 Å². The Morgan fingerprint density at radius 3 is 2.26 bits per heavy atom. The van der Waals surface area contributed by atoms with Crippen molar-refractivity contribution in [1.29, 1.82) is 0 Å². The highest BCUT2D eigenvalue weighted by molar-refractivity contribution is 5.32. The first-order chi connectivity index (χ1) is 9.22. The molecular weight excluding hydrogens is 236 g/mol. The summed E-state index contributed by atoms with van der Waals surface area (Å²) in [5.41, 5.74) is 2.26. The van der Waals surface area contributed by atoms with Crippen LogP contribution in [0.3, 0.4) is 0 Å². The van der Waals surface area contributed by atoms with Gasteiger partial charge in [0.2, 0.25) is 5.95 Å². The lowest BCUT2D eigenvalue weighted by atomic mass is 10.2. The molecule has 0 radical (unpaired) electrons. The van der Waals surface area contributed by atoms with Gasteiger partial charge in [0, 0.05) is 37.1 Å². The summed E-state index contributed by atoms with van der Waals surface area (Å²) in [6.07, 6.45) is 6.77. The molecule has 0 saturated carbocycles. The number of unbranched alkanes of at least 4 members (excludes halogenated alkanes) is 2. The van der Waals surface area contributed by atoms with Gasteiger partial charge in [0.05, 0.1) is 0 Å². The molecule has 1 aromatic rings. The Kier molecular flexibility index (Phi) is 7.41. The number of hydrogen-bond acceptors (Lipinski definition) is 4. The van der Waals surface area contributed by atoms with E-state index in [0.717, 1.165) is 31.3 Å². The molecule has 1 aromatic heterocycles. The molecule has 0 bridgehead atoms. The SMILES string of the molecule is CCCCN(CCCC)c1ncc(CNC)c(C)n1. The highest BCUT2D eigenvalue weighted by atomic mass is 15.2. The van der Waals surface area contributed by atoms with Gasteiger partial charge in [-0.05, 0) is 26.8 Å². The quantitative estimate of drug-likeness (QED) is 0.744. The highest BCUT2D eigenvalue weighted by Crippen LogP contribution is 2.13. The minimum absolute atomic E-state index is 0.829. The molecule has 0 aliphatic rings. The normalized spacial score (nSPS) is 10.7. The third-order valence-electron chi connectivity index (χ3n) is 3.28. The minimum atomic E-state index is 0.829. The number of aromatic nitrogens is 2. The first kappa shape index (κ1) is 15.9. The third-order valence-corrected chi connectivity index (χ3v) is 3.28. The standard InChI is InChI=1S/C15H28N4/c1-5-7-9-19(10-8-6-2)15-17-12-14(11-16-4)13(3)18-15/h12,16H,5-11H2,1-4H3. The van der Waals surface area contributed by atoms with Gasteiger partial charge < -0.3 is 10.2 Å². The Balaban J connectivity index is 2.79. The molecule has 0 spiro atoms. The predicted molar refractivity (Wildman–Crippen MR) is 81.6 cm³/mol. The summed E-state index contributed by atoms with van der Waals surface area (Å²) in [6, 6.07) is 0. The van der Waals surface area contributed by atoms with E-state index in [4.69, 9.17) is 0 Å². The topological polar surface area (TPSA) is 41.1 Å². The number of aryl methyl sites for hydroxylation is 1. The van der Waals surface area contributed by atoms with E-state index < -0.39 is 0 Å². The van der Waals surface area contributed by atoms with Crippen LogP contribution in [-0.4, -0.2) is 30.1 Å². The second-order valence-corrected chi connectivity index (χ2v) is 5.01. The van der Waals surface area contributed by atoms with Crippen molar-refractivity contribution in [2.75, 3.05) is 25.0 Å². The van der Waals surface area contributed by atoms with E-state index in [9.17, 15) is 0 Å². The molecule has 0 amide bonds. The van der Waals surface area contributed by atoms with E-state index in [1.165, 1.54) is 31.2 Å². The van der Waals surface area contributed by atoms with Gasteiger partial charge in [-0.1, -0.05) is 26.7 Å². The summed E-state index contributed by atoms with van der Waals surface area (Å²) in [6.45, 7) is 9.45. The maximum atomic E-state index is 4.67. The minimum Gasteiger partial charge on any atom is -0.341 e. The lowest BCUT2D eigenvalue weighted by Crippen LogP contribution is -2.28. The Morgan fingerprint density at radius 1 is 1.16 bits per heavy atom. The molecule has 0 atom stereocenters. The van der Waals surface area contributed by atoms with Crippen LogP contribution >= 0.6 is 0 Å². The van der Waals surface area contributed by atoms with Crippen LogP contribution in [0, 0.1) is 6.92 Å². The molecular formula is C15H28N4. The van der Waals surface area contributed by atoms with Crippen LogP contribution in [0.2, 0.25) is 0 Å². The third kappa shape index (κ3) is 5.15. The molecule has 0 aliphatic carbocycles. The monoisotopic (exact) mass is 264 g/mol. The molecule has 0 aliphatic heterocycles.